The van der Waals surface area contributed by atoms with Gasteiger partial charge in [-0.2, -0.15) is 0 Å². The fourth-order valence-electron chi connectivity index (χ4n) is 0.230. The van der Waals surface area contributed by atoms with Crippen LogP contribution in [-0.4, -0.2) is 12.6 Å². The molecule has 9 heavy (non-hydrogen) atoms. The van der Waals surface area contributed by atoms with Crippen molar-refractivity contribution in [3.05, 3.63) is 12.2 Å². The molecular formula is C7H8O2. The van der Waals surface area contributed by atoms with Crippen molar-refractivity contribution >= 4 is 5.97 Å². The van der Waals surface area contributed by atoms with Crippen LogP contribution in [0.1, 0.15) is 6.92 Å². The van der Waals surface area contributed by atoms with E-state index >= 15 is 0 Å². The number of terminal acetylenes is 1. The molecule has 0 atom stereocenters. The quantitative estimate of drug-likeness (QED) is 0.235. The zero-order chi connectivity index (χ0) is 7.28. The highest BCUT2D eigenvalue weighted by Gasteiger charge is 1.93. The van der Waals surface area contributed by atoms with Crippen molar-refractivity contribution in [2.24, 2.45) is 0 Å². The minimum atomic E-state index is -0.641. The molecule has 0 amide bonds. The normalized spacial score (nSPS) is 7.56. The first-order chi connectivity index (χ1) is 4.16. The van der Waals surface area contributed by atoms with Crippen LogP contribution in [-0.2, 0) is 9.53 Å². The number of esters is 1. The van der Waals surface area contributed by atoms with Crippen LogP contribution >= 0.6 is 0 Å². The zero-order valence-electron chi connectivity index (χ0n) is 5.31. The van der Waals surface area contributed by atoms with E-state index in [1.807, 2.05) is 5.92 Å². The summed E-state index contributed by atoms with van der Waals surface area (Å²) in [6.45, 7) is 5.48. The molecule has 0 radical (unpaired) electrons. The number of ether oxygens (including phenoxy) is 1. The molecule has 0 aromatic rings. The lowest BCUT2D eigenvalue weighted by atomic mass is 10.4. The molecule has 0 unspecified atom stereocenters. The summed E-state index contributed by atoms with van der Waals surface area (Å²) in [6, 6.07) is 0. The van der Waals surface area contributed by atoms with Crippen molar-refractivity contribution in [2.75, 3.05) is 6.61 Å². The number of carbonyl (C=O) groups excluding carboxylic acids is 1. The molecule has 0 heterocycles. The number of carbonyl (C=O) groups is 1. The van der Waals surface area contributed by atoms with Gasteiger partial charge in [-0.05, 0) is 12.5 Å². The van der Waals surface area contributed by atoms with E-state index < -0.39 is 5.97 Å². The summed E-state index contributed by atoms with van der Waals surface area (Å²) in [5.41, 5.74) is 0.776. The summed E-state index contributed by atoms with van der Waals surface area (Å²) in [7, 11) is 0. The molecule has 2 heteroatoms. The molecule has 2 nitrogen and oxygen atoms in total. The van der Waals surface area contributed by atoms with E-state index in [9.17, 15) is 4.79 Å². The Balaban J connectivity index is 3.43. The van der Waals surface area contributed by atoms with Gasteiger partial charge in [0.25, 0.3) is 0 Å². The van der Waals surface area contributed by atoms with Crippen molar-refractivity contribution in [1.29, 1.82) is 0 Å². The third kappa shape index (κ3) is 4.63. The maximum Gasteiger partial charge on any atom is 0.384 e. The van der Waals surface area contributed by atoms with E-state index in [-0.39, 0.29) is 6.61 Å². The van der Waals surface area contributed by atoms with Crippen molar-refractivity contribution in [1.82, 2.24) is 0 Å². The van der Waals surface area contributed by atoms with Gasteiger partial charge in [0.1, 0.15) is 6.61 Å². The Hall–Kier alpha value is -1.23. The van der Waals surface area contributed by atoms with Gasteiger partial charge in [0.05, 0.1) is 0 Å². The highest BCUT2D eigenvalue weighted by molar-refractivity contribution is 5.87. The van der Waals surface area contributed by atoms with Crippen LogP contribution in [0.5, 0.6) is 0 Å². The fraction of sp³-hybridized carbons (Fsp3) is 0.286. The number of hydrogen-bond acceptors (Lipinski definition) is 2. The first-order valence-electron chi connectivity index (χ1n) is 2.44. The van der Waals surface area contributed by atoms with Gasteiger partial charge in [-0.25, -0.2) is 4.79 Å². The van der Waals surface area contributed by atoms with Gasteiger partial charge >= 0.3 is 5.97 Å². The highest BCUT2D eigenvalue weighted by Crippen LogP contribution is 1.87. The molecular weight excluding hydrogens is 116 g/mol. The van der Waals surface area contributed by atoms with E-state index in [2.05, 4.69) is 11.3 Å². The Morgan fingerprint density at radius 2 is 2.44 bits per heavy atom. The third-order valence-electron chi connectivity index (χ3n) is 0.568. The van der Waals surface area contributed by atoms with Gasteiger partial charge in [-0.15, -0.1) is 6.42 Å². The summed E-state index contributed by atoms with van der Waals surface area (Å²) >= 11 is 0. The maximum absolute atomic E-state index is 10.2. The van der Waals surface area contributed by atoms with E-state index in [1.165, 1.54) is 0 Å². The molecule has 0 aromatic heterocycles. The summed E-state index contributed by atoms with van der Waals surface area (Å²) in [5, 5.41) is 0. The van der Waals surface area contributed by atoms with Crippen molar-refractivity contribution < 1.29 is 9.53 Å². The van der Waals surface area contributed by atoms with Gasteiger partial charge in [0.15, 0.2) is 0 Å². The molecule has 0 aliphatic heterocycles. The average Bonchev–Trinajstić information content (AvgIpc) is 1.83. The average molecular weight is 124 g/mol. The van der Waals surface area contributed by atoms with E-state index in [0.29, 0.717) is 0 Å². The molecule has 0 fully saturated rings. The lowest BCUT2D eigenvalue weighted by Gasteiger charge is -1.96. The second-order valence-electron chi connectivity index (χ2n) is 1.68. The Morgan fingerprint density at radius 3 is 2.78 bits per heavy atom. The van der Waals surface area contributed by atoms with Crippen molar-refractivity contribution in [3.8, 4) is 12.3 Å². The van der Waals surface area contributed by atoms with E-state index in [1.54, 1.807) is 6.92 Å². The predicted molar refractivity (Wildman–Crippen MR) is 34.6 cm³/mol. The van der Waals surface area contributed by atoms with Crippen LogP contribution in [0.4, 0.5) is 0 Å². The lowest BCUT2D eigenvalue weighted by molar-refractivity contribution is -0.135. The van der Waals surface area contributed by atoms with Crippen LogP contribution in [0, 0.1) is 12.3 Å². The lowest BCUT2D eigenvalue weighted by Crippen LogP contribution is -2.02. The van der Waals surface area contributed by atoms with Crippen molar-refractivity contribution in [3.63, 3.8) is 0 Å². The maximum atomic E-state index is 10.2. The Bertz CT molecular complexity index is 162. The minimum Gasteiger partial charge on any atom is -0.452 e. The monoisotopic (exact) mass is 124 g/mol. The van der Waals surface area contributed by atoms with Gasteiger partial charge in [0.2, 0.25) is 0 Å². The smallest absolute Gasteiger partial charge is 0.384 e. The van der Waals surface area contributed by atoms with Crippen LogP contribution in [0.3, 0.4) is 0 Å². The Labute approximate surface area is 54.5 Å². The molecule has 0 bridgehead atoms. The highest BCUT2D eigenvalue weighted by atomic mass is 16.5. The second-order valence-corrected chi connectivity index (χ2v) is 1.68. The second kappa shape index (κ2) is 3.73. The standard InChI is InChI=1S/C7H8O2/c1-4-7(8)9-5-6(2)3/h1H,2,5H2,3H3. The topological polar surface area (TPSA) is 26.3 Å². The molecule has 0 saturated heterocycles. The minimum absolute atomic E-state index is 0.211. The van der Waals surface area contributed by atoms with Gasteiger partial charge in [-0.1, -0.05) is 6.58 Å². The van der Waals surface area contributed by atoms with E-state index in [4.69, 9.17) is 6.42 Å². The zero-order valence-corrected chi connectivity index (χ0v) is 5.31. The molecule has 48 valence electrons. The fourth-order valence-corrected chi connectivity index (χ4v) is 0.230. The molecule has 0 spiro atoms. The molecule has 0 saturated carbocycles. The molecule has 0 aliphatic carbocycles. The Kier molecular flexibility index (Phi) is 3.22. The summed E-state index contributed by atoms with van der Waals surface area (Å²) in [6.07, 6.45) is 4.70. The van der Waals surface area contributed by atoms with Crippen LogP contribution in [0.2, 0.25) is 0 Å². The first-order valence-corrected chi connectivity index (χ1v) is 2.44. The number of hydrogen-bond donors (Lipinski definition) is 0. The first kappa shape index (κ1) is 7.77. The molecule has 0 N–H and O–H groups in total. The summed E-state index contributed by atoms with van der Waals surface area (Å²) < 4.78 is 4.48. The molecule has 0 rings (SSSR count). The SMILES string of the molecule is C#CC(=O)OCC(=C)C. The van der Waals surface area contributed by atoms with Crippen LogP contribution in [0.25, 0.3) is 0 Å². The number of rotatable bonds is 2. The van der Waals surface area contributed by atoms with Crippen LogP contribution in [0.15, 0.2) is 12.2 Å². The van der Waals surface area contributed by atoms with Crippen molar-refractivity contribution in [2.45, 2.75) is 6.92 Å². The largest absolute Gasteiger partial charge is 0.452 e. The summed E-state index contributed by atoms with van der Waals surface area (Å²) in [5.74, 6) is 1.18. The third-order valence-corrected chi connectivity index (χ3v) is 0.568. The molecule has 0 aliphatic rings. The van der Waals surface area contributed by atoms with E-state index in [0.717, 1.165) is 5.57 Å². The van der Waals surface area contributed by atoms with Gasteiger partial charge in [0, 0.05) is 5.92 Å². The van der Waals surface area contributed by atoms with Crippen LogP contribution < -0.4 is 0 Å². The predicted octanol–water partition coefficient (Wildman–Crippen LogP) is 0.739. The van der Waals surface area contributed by atoms with Gasteiger partial charge in [-0.3, -0.25) is 0 Å². The Morgan fingerprint density at radius 1 is 1.89 bits per heavy atom. The summed E-state index contributed by atoms with van der Waals surface area (Å²) in [4.78, 5) is 10.2. The molecule has 0 aromatic carbocycles. The van der Waals surface area contributed by atoms with Gasteiger partial charge < -0.3 is 4.74 Å².